The van der Waals surface area contributed by atoms with Gasteiger partial charge in [0.25, 0.3) is 0 Å². The van der Waals surface area contributed by atoms with Gasteiger partial charge in [-0.15, -0.1) is 0 Å². The van der Waals surface area contributed by atoms with Gasteiger partial charge in [-0.25, -0.2) is 0 Å². The van der Waals surface area contributed by atoms with Gasteiger partial charge >= 0.3 is 0 Å². The van der Waals surface area contributed by atoms with Crippen LogP contribution in [0.1, 0.15) is 5.56 Å². The van der Waals surface area contributed by atoms with Gasteiger partial charge in [0.1, 0.15) is 11.8 Å². The molecule has 2 aromatic carbocycles. The number of rotatable bonds is 2. The molecule has 2 aromatic rings. The highest BCUT2D eigenvalue weighted by molar-refractivity contribution is 5.75. The summed E-state index contributed by atoms with van der Waals surface area (Å²) in [6.07, 6.45) is 0. The lowest BCUT2D eigenvalue weighted by Crippen LogP contribution is -1.92. The summed E-state index contributed by atoms with van der Waals surface area (Å²) in [6, 6.07) is 15.1. The Balaban J connectivity index is 2.54. The van der Waals surface area contributed by atoms with E-state index < -0.39 is 0 Å². The van der Waals surface area contributed by atoms with Crippen molar-refractivity contribution >= 4 is 5.69 Å². The Kier molecular flexibility index (Phi) is 2.97. The Labute approximate surface area is 100 Å². The van der Waals surface area contributed by atoms with Gasteiger partial charge in [0.2, 0.25) is 0 Å². The van der Waals surface area contributed by atoms with Crippen LogP contribution >= 0.6 is 0 Å². The zero-order valence-electron chi connectivity index (χ0n) is 9.47. The van der Waals surface area contributed by atoms with Crippen LogP contribution in [0.3, 0.4) is 0 Å². The molecule has 0 fully saturated rings. The van der Waals surface area contributed by atoms with E-state index in [9.17, 15) is 0 Å². The molecule has 0 aromatic heterocycles. The van der Waals surface area contributed by atoms with Crippen LogP contribution in [-0.2, 0) is 0 Å². The maximum atomic E-state index is 8.83. The highest BCUT2D eigenvalue weighted by Crippen LogP contribution is 2.31. The van der Waals surface area contributed by atoms with Crippen LogP contribution in [0, 0.1) is 11.3 Å². The summed E-state index contributed by atoms with van der Waals surface area (Å²) in [6.45, 7) is 0. The quantitative estimate of drug-likeness (QED) is 0.798. The zero-order valence-corrected chi connectivity index (χ0v) is 9.47. The minimum absolute atomic E-state index is 0.482. The number of para-hydroxylation sites is 1. The highest BCUT2D eigenvalue weighted by atomic mass is 16.5. The molecular formula is C14H12N2O. The SMILES string of the molecule is COc1ccccc1-c1ccc(C#N)c(N)c1. The predicted octanol–water partition coefficient (Wildman–Crippen LogP) is 2.82. The van der Waals surface area contributed by atoms with Gasteiger partial charge in [-0.2, -0.15) is 5.26 Å². The number of anilines is 1. The fourth-order valence-electron chi connectivity index (χ4n) is 1.72. The molecule has 0 heterocycles. The molecule has 3 nitrogen and oxygen atoms in total. The van der Waals surface area contributed by atoms with Crippen LogP contribution in [0.25, 0.3) is 11.1 Å². The van der Waals surface area contributed by atoms with E-state index in [2.05, 4.69) is 0 Å². The van der Waals surface area contributed by atoms with Crippen LogP contribution in [0.15, 0.2) is 42.5 Å². The Morgan fingerprint density at radius 2 is 1.94 bits per heavy atom. The highest BCUT2D eigenvalue weighted by Gasteiger charge is 2.06. The van der Waals surface area contributed by atoms with Crippen molar-refractivity contribution in [1.29, 1.82) is 5.26 Å². The maximum Gasteiger partial charge on any atom is 0.126 e. The molecular weight excluding hydrogens is 212 g/mol. The molecule has 0 aliphatic heterocycles. The number of hydrogen-bond donors (Lipinski definition) is 1. The molecule has 3 heteroatoms. The smallest absolute Gasteiger partial charge is 0.126 e. The van der Waals surface area contributed by atoms with E-state index in [0.717, 1.165) is 16.9 Å². The predicted molar refractivity (Wildman–Crippen MR) is 67.6 cm³/mol. The van der Waals surface area contributed by atoms with Crippen molar-refractivity contribution in [1.82, 2.24) is 0 Å². The lowest BCUT2D eigenvalue weighted by Gasteiger charge is -2.09. The minimum Gasteiger partial charge on any atom is -0.496 e. The van der Waals surface area contributed by atoms with Crippen molar-refractivity contribution in [2.24, 2.45) is 0 Å². The molecule has 0 aliphatic rings. The topological polar surface area (TPSA) is 59.0 Å². The standard InChI is InChI=1S/C14H12N2O/c1-17-14-5-3-2-4-12(14)10-6-7-11(9-15)13(16)8-10/h2-8H,16H2,1H3. The largest absolute Gasteiger partial charge is 0.496 e. The summed E-state index contributed by atoms with van der Waals surface area (Å²) >= 11 is 0. The average Bonchev–Trinajstić information content (AvgIpc) is 2.38. The van der Waals surface area contributed by atoms with Crippen LogP contribution < -0.4 is 10.5 Å². The minimum atomic E-state index is 0.482. The first-order chi connectivity index (χ1) is 8.26. The van der Waals surface area contributed by atoms with Gasteiger partial charge in [0.15, 0.2) is 0 Å². The van der Waals surface area contributed by atoms with Crippen molar-refractivity contribution < 1.29 is 4.74 Å². The van der Waals surface area contributed by atoms with Gasteiger partial charge in [-0.1, -0.05) is 24.3 Å². The second-order valence-electron chi connectivity index (χ2n) is 3.61. The first-order valence-corrected chi connectivity index (χ1v) is 5.19. The van der Waals surface area contributed by atoms with E-state index in [1.807, 2.05) is 36.4 Å². The number of benzene rings is 2. The summed E-state index contributed by atoms with van der Waals surface area (Å²) in [5.74, 6) is 0.789. The average molecular weight is 224 g/mol. The van der Waals surface area contributed by atoms with E-state index in [1.54, 1.807) is 19.2 Å². The monoisotopic (exact) mass is 224 g/mol. The summed E-state index contributed by atoms with van der Waals surface area (Å²) in [4.78, 5) is 0. The normalized spacial score (nSPS) is 9.65. The van der Waals surface area contributed by atoms with Crippen molar-refractivity contribution in [2.75, 3.05) is 12.8 Å². The number of ether oxygens (including phenoxy) is 1. The maximum absolute atomic E-state index is 8.83. The third-order valence-corrected chi connectivity index (χ3v) is 2.59. The van der Waals surface area contributed by atoms with Crippen LogP contribution in [0.5, 0.6) is 5.75 Å². The van der Waals surface area contributed by atoms with Gasteiger partial charge in [-0.3, -0.25) is 0 Å². The summed E-state index contributed by atoms with van der Waals surface area (Å²) < 4.78 is 5.29. The van der Waals surface area contributed by atoms with Gasteiger partial charge in [0.05, 0.1) is 18.4 Å². The van der Waals surface area contributed by atoms with Crippen molar-refractivity contribution in [2.45, 2.75) is 0 Å². The second kappa shape index (κ2) is 4.58. The molecule has 17 heavy (non-hydrogen) atoms. The molecule has 0 radical (unpaired) electrons. The lowest BCUT2D eigenvalue weighted by atomic mass is 10.0. The molecule has 0 bridgehead atoms. The lowest BCUT2D eigenvalue weighted by molar-refractivity contribution is 0.416. The van der Waals surface area contributed by atoms with E-state index in [-0.39, 0.29) is 0 Å². The van der Waals surface area contributed by atoms with Crippen molar-refractivity contribution in [3.8, 4) is 22.9 Å². The molecule has 2 N–H and O–H groups in total. The zero-order chi connectivity index (χ0) is 12.3. The number of nitrogen functional groups attached to an aromatic ring is 1. The molecule has 0 atom stereocenters. The van der Waals surface area contributed by atoms with Crippen molar-refractivity contribution in [3.05, 3.63) is 48.0 Å². The Hall–Kier alpha value is -2.47. The van der Waals surface area contributed by atoms with E-state index in [1.165, 1.54) is 0 Å². The number of hydrogen-bond acceptors (Lipinski definition) is 3. The molecule has 0 aliphatic carbocycles. The summed E-state index contributed by atoms with van der Waals surface area (Å²) in [7, 11) is 1.63. The van der Waals surface area contributed by atoms with Crippen LogP contribution in [-0.4, -0.2) is 7.11 Å². The van der Waals surface area contributed by atoms with Gasteiger partial charge in [-0.05, 0) is 23.8 Å². The first kappa shape index (κ1) is 11.0. The van der Waals surface area contributed by atoms with Crippen LogP contribution in [0.4, 0.5) is 5.69 Å². The van der Waals surface area contributed by atoms with Gasteiger partial charge in [0, 0.05) is 5.56 Å². The molecule has 0 amide bonds. The van der Waals surface area contributed by atoms with E-state index in [0.29, 0.717) is 11.3 Å². The van der Waals surface area contributed by atoms with Crippen molar-refractivity contribution in [3.63, 3.8) is 0 Å². The molecule has 84 valence electrons. The molecule has 2 rings (SSSR count). The first-order valence-electron chi connectivity index (χ1n) is 5.19. The Morgan fingerprint density at radius 3 is 2.59 bits per heavy atom. The van der Waals surface area contributed by atoms with Crippen LogP contribution in [0.2, 0.25) is 0 Å². The number of nitrogens with two attached hydrogens (primary N) is 1. The number of methoxy groups -OCH3 is 1. The fourth-order valence-corrected chi connectivity index (χ4v) is 1.72. The number of nitrogens with zero attached hydrogens (tertiary/aromatic N) is 1. The second-order valence-corrected chi connectivity index (χ2v) is 3.61. The van der Waals surface area contributed by atoms with E-state index >= 15 is 0 Å². The molecule has 0 unspecified atom stereocenters. The van der Waals surface area contributed by atoms with Gasteiger partial charge < -0.3 is 10.5 Å². The molecule has 0 saturated carbocycles. The third kappa shape index (κ3) is 2.06. The molecule has 0 spiro atoms. The summed E-state index contributed by atoms with van der Waals surface area (Å²) in [5.41, 5.74) is 8.68. The molecule has 0 saturated heterocycles. The van der Waals surface area contributed by atoms with E-state index in [4.69, 9.17) is 15.7 Å². The Morgan fingerprint density at radius 1 is 1.18 bits per heavy atom. The number of nitriles is 1. The summed E-state index contributed by atoms with van der Waals surface area (Å²) in [5, 5.41) is 8.83. The third-order valence-electron chi connectivity index (χ3n) is 2.59. The fraction of sp³-hybridized carbons (Fsp3) is 0.0714. The Bertz CT molecular complexity index is 585.